The summed E-state index contributed by atoms with van der Waals surface area (Å²) < 4.78 is 5.09. The van der Waals surface area contributed by atoms with Gasteiger partial charge in [-0.3, -0.25) is 4.79 Å². The molecule has 0 aromatic heterocycles. The van der Waals surface area contributed by atoms with E-state index in [1.807, 2.05) is 47.6 Å². The average Bonchev–Trinajstić information content (AvgIpc) is 2.58. The molecule has 0 saturated heterocycles. The van der Waals surface area contributed by atoms with Crippen molar-refractivity contribution >= 4 is 11.9 Å². The van der Waals surface area contributed by atoms with Crippen LogP contribution in [-0.2, 0) is 9.53 Å². The summed E-state index contributed by atoms with van der Waals surface area (Å²) in [5, 5.41) is 22.3. The third kappa shape index (κ3) is 5.46. The quantitative estimate of drug-likeness (QED) is 0.706. The molecule has 0 saturated carbocycles. The van der Waals surface area contributed by atoms with E-state index in [1.165, 1.54) is 0 Å². The van der Waals surface area contributed by atoms with E-state index >= 15 is 0 Å². The number of phenolic OH excluding ortho intramolecular Hbond substituents is 1. The SMILES string of the molecule is CC(C)c1cc(C(=O)OCC(=O)N[C@](C)(C#N)C(C)C)c(O)c(C(C)C)c1. The highest BCUT2D eigenvalue weighted by Gasteiger charge is 2.30. The Morgan fingerprint density at radius 3 is 2.22 bits per heavy atom. The molecule has 27 heavy (non-hydrogen) atoms. The Morgan fingerprint density at radius 1 is 1.19 bits per heavy atom. The molecule has 2 N–H and O–H groups in total. The van der Waals surface area contributed by atoms with Gasteiger partial charge in [0.15, 0.2) is 6.61 Å². The lowest BCUT2D eigenvalue weighted by molar-refractivity contribution is -0.125. The third-order valence-electron chi connectivity index (χ3n) is 4.79. The molecule has 1 aromatic carbocycles. The zero-order chi connectivity index (χ0) is 20.9. The highest BCUT2D eigenvalue weighted by atomic mass is 16.5. The van der Waals surface area contributed by atoms with E-state index in [2.05, 4.69) is 11.4 Å². The Balaban J connectivity index is 2.98. The maximum absolute atomic E-state index is 12.5. The topological polar surface area (TPSA) is 99.4 Å². The van der Waals surface area contributed by atoms with Crippen molar-refractivity contribution in [1.82, 2.24) is 5.32 Å². The Morgan fingerprint density at radius 2 is 1.78 bits per heavy atom. The number of hydrogen-bond donors (Lipinski definition) is 2. The van der Waals surface area contributed by atoms with Crippen molar-refractivity contribution in [2.45, 2.75) is 65.8 Å². The number of hydrogen-bond acceptors (Lipinski definition) is 5. The largest absolute Gasteiger partial charge is 0.507 e. The molecule has 0 fully saturated rings. The molecule has 1 amide bonds. The molecule has 6 nitrogen and oxygen atoms in total. The van der Waals surface area contributed by atoms with Gasteiger partial charge in [0.25, 0.3) is 5.91 Å². The number of aromatic hydroxyl groups is 1. The lowest BCUT2D eigenvalue weighted by Gasteiger charge is -2.27. The first-order chi connectivity index (χ1) is 12.4. The normalized spacial score (nSPS) is 13.4. The number of amides is 1. The molecule has 1 atom stereocenters. The van der Waals surface area contributed by atoms with Crippen molar-refractivity contribution in [3.8, 4) is 11.8 Å². The maximum atomic E-state index is 12.5. The van der Waals surface area contributed by atoms with Gasteiger partial charge in [-0.15, -0.1) is 0 Å². The Hall–Kier alpha value is -2.55. The van der Waals surface area contributed by atoms with Gasteiger partial charge >= 0.3 is 5.97 Å². The summed E-state index contributed by atoms with van der Waals surface area (Å²) in [6.07, 6.45) is 0. The highest BCUT2D eigenvalue weighted by molar-refractivity contribution is 5.94. The molecule has 148 valence electrons. The van der Waals surface area contributed by atoms with Crippen LogP contribution in [0.25, 0.3) is 0 Å². The summed E-state index contributed by atoms with van der Waals surface area (Å²) in [5.41, 5.74) is 0.567. The predicted octanol–water partition coefficient (Wildman–Crippen LogP) is 3.85. The summed E-state index contributed by atoms with van der Waals surface area (Å²) in [4.78, 5) is 24.6. The number of ether oxygens (including phenoxy) is 1. The molecule has 0 bridgehead atoms. The van der Waals surface area contributed by atoms with Gasteiger partial charge < -0.3 is 15.2 Å². The van der Waals surface area contributed by atoms with Crippen LogP contribution in [-0.4, -0.2) is 29.1 Å². The maximum Gasteiger partial charge on any atom is 0.342 e. The fourth-order valence-corrected chi connectivity index (χ4v) is 2.45. The van der Waals surface area contributed by atoms with E-state index in [9.17, 15) is 20.0 Å². The number of benzene rings is 1. The van der Waals surface area contributed by atoms with Crippen molar-refractivity contribution in [2.75, 3.05) is 6.61 Å². The number of esters is 1. The van der Waals surface area contributed by atoms with Crippen molar-refractivity contribution in [3.63, 3.8) is 0 Å². The second kappa shape index (κ2) is 8.90. The number of nitrogens with zero attached hydrogens (tertiary/aromatic N) is 1. The third-order valence-corrected chi connectivity index (χ3v) is 4.79. The molecule has 6 heteroatoms. The van der Waals surface area contributed by atoms with E-state index in [0.717, 1.165) is 5.56 Å². The first kappa shape index (κ1) is 22.5. The van der Waals surface area contributed by atoms with Crippen LogP contribution < -0.4 is 5.32 Å². The van der Waals surface area contributed by atoms with Gasteiger partial charge in [0.1, 0.15) is 16.9 Å². The van der Waals surface area contributed by atoms with Gasteiger partial charge in [-0.05, 0) is 41.9 Å². The molecule has 1 rings (SSSR count). The molecular weight excluding hydrogens is 344 g/mol. The minimum absolute atomic E-state index is 0.0286. The van der Waals surface area contributed by atoms with Gasteiger partial charge in [-0.25, -0.2) is 4.79 Å². The summed E-state index contributed by atoms with van der Waals surface area (Å²) in [5.74, 6) is -1.37. The predicted molar refractivity (Wildman–Crippen MR) is 104 cm³/mol. The summed E-state index contributed by atoms with van der Waals surface area (Å²) >= 11 is 0. The fraction of sp³-hybridized carbons (Fsp3) is 0.571. The van der Waals surface area contributed by atoms with Crippen LogP contribution in [0.15, 0.2) is 12.1 Å². The average molecular weight is 374 g/mol. The standard InChI is InChI=1S/C21H30N2O4/c1-12(2)15-8-16(13(3)4)19(25)17(9-15)20(26)27-10-18(24)23-21(7,11-22)14(5)6/h8-9,12-14,25H,10H2,1-7H3,(H,23,24)/t21-/m1/s1. The van der Waals surface area contributed by atoms with Crippen molar-refractivity contribution < 1.29 is 19.4 Å². The van der Waals surface area contributed by atoms with Crippen molar-refractivity contribution in [2.24, 2.45) is 5.92 Å². The second-order valence-electron chi connectivity index (χ2n) is 7.91. The molecular formula is C21H30N2O4. The summed E-state index contributed by atoms with van der Waals surface area (Å²) in [7, 11) is 0. The van der Waals surface area contributed by atoms with Crippen LogP contribution in [0.3, 0.4) is 0 Å². The first-order valence-corrected chi connectivity index (χ1v) is 9.19. The summed E-state index contributed by atoms with van der Waals surface area (Å²) in [6.45, 7) is 12.6. The molecule has 0 radical (unpaired) electrons. The monoisotopic (exact) mass is 374 g/mol. The zero-order valence-electron chi connectivity index (χ0n) is 17.2. The molecule has 0 heterocycles. The lowest BCUT2D eigenvalue weighted by atomic mass is 9.90. The molecule has 1 aromatic rings. The number of carbonyl (C=O) groups excluding carboxylic acids is 2. The van der Waals surface area contributed by atoms with E-state index in [0.29, 0.717) is 5.56 Å². The number of phenols is 1. The minimum Gasteiger partial charge on any atom is -0.507 e. The summed E-state index contributed by atoms with van der Waals surface area (Å²) in [6, 6.07) is 5.55. The smallest absolute Gasteiger partial charge is 0.342 e. The molecule has 0 aliphatic rings. The first-order valence-electron chi connectivity index (χ1n) is 9.19. The van der Waals surface area contributed by atoms with Crippen LogP contribution in [0, 0.1) is 17.2 Å². The van der Waals surface area contributed by atoms with Crippen LogP contribution in [0.5, 0.6) is 5.75 Å². The molecule has 0 aliphatic carbocycles. The minimum atomic E-state index is -1.05. The Kier molecular flexibility index (Phi) is 7.41. The Labute approximate surface area is 161 Å². The molecule has 0 spiro atoms. The van der Waals surface area contributed by atoms with Gasteiger partial charge in [-0.2, -0.15) is 5.26 Å². The number of rotatable bonds is 7. The van der Waals surface area contributed by atoms with E-state index < -0.39 is 24.0 Å². The highest BCUT2D eigenvalue weighted by Crippen LogP contribution is 2.33. The van der Waals surface area contributed by atoms with Crippen molar-refractivity contribution in [1.29, 1.82) is 5.26 Å². The van der Waals surface area contributed by atoms with Crippen LogP contribution in [0.1, 0.15) is 81.8 Å². The van der Waals surface area contributed by atoms with Gasteiger partial charge in [-0.1, -0.05) is 47.6 Å². The van der Waals surface area contributed by atoms with E-state index in [-0.39, 0.29) is 29.1 Å². The Bertz CT molecular complexity index is 747. The fourth-order valence-electron chi connectivity index (χ4n) is 2.45. The van der Waals surface area contributed by atoms with Crippen LogP contribution >= 0.6 is 0 Å². The number of nitrogens with one attached hydrogen (secondary N) is 1. The van der Waals surface area contributed by atoms with Crippen LogP contribution in [0.2, 0.25) is 0 Å². The van der Waals surface area contributed by atoms with E-state index in [4.69, 9.17) is 4.74 Å². The molecule has 0 aliphatic heterocycles. The van der Waals surface area contributed by atoms with Crippen molar-refractivity contribution in [3.05, 3.63) is 28.8 Å². The van der Waals surface area contributed by atoms with Crippen LogP contribution in [0.4, 0.5) is 0 Å². The molecule has 0 unspecified atom stereocenters. The second-order valence-corrected chi connectivity index (χ2v) is 7.91. The van der Waals surface area contributed by atoms with Gasteiger partial charge in [0, 0.05) is 0 Å². The van der Waals surface area contributed by atoms with E-state index in [1.54, 1.807) is 13.0 Å². The zero-order valence-corrected chi connectivity index (χ0v) is 17.2. The van der Waals surface area contributed by atoms with Gasteiger partial charge in [0.05, 0.1) is 6.07 Å². The van der Waals surface area contributed by atoms with Gasteiger partial charge in [0.2, 0.25) is 0 Å². The number of nitriles is 1. The number of carbonyl (C=O) groups is 2. The lowest BCUT2D eigenvalue weighted by Crippen LogP contribution is -2.50.